The van der Waals surface area contributed by atoms with E-state index in [4.69, 9.17) is 4.74 Å². The van der Waals surface area contributed by atoms with Crippen LogP contribution in [0.5, 0.6) is 5.75 Å². The first kappa shape index (κ1) is 26.3. The van der Waals surface area contributed by atoms with Gasteiger partial charge in [-0.2, -0.15) is 0 Å². The number of likely N-dealkylation sites (tertiary alicyclic amines) is 1. The van der Waals surface area contributed by atoms with Crippen LogP contribution >= 0.6 is 0 Å². The number of carbonyl (C=O) groups excluding carboxylic acids is 2. The molecule has 1 amide bonds. The highest BCUT2D eigenvalue weighted by molar-refractivity contribution is 6.46. The number of nitro benzene ring substituents is 1. The maximum Gasteiger partial charge on any atom is 0.295 e. The molecule has 40 heavy (non-hydrogen) atoms. The second-order valence-corrected chi connectivity index (χ2v) is 9.44. The lowest BCUT2D eigenvalue weighted by Gasteiger charge is -2.25. The van der Waals surface area contributed by atoms with Gasteiger partial charge in [0.15, 0.2) is 0 Å². The molecule has 0 saturated carbocycles. The molecule has 0 bridgehead atoms. The number of hydrogen-bond acceptors (Lipinski definition) is 7. The molecule has 1 atom stereocenters. The van der Waals surface area contributed by atoms with Crippen LogP contribution in [0.2, 0.25) is 0 Å². The first-order valence-electron chi connectivity index (χ1n) is 12.5. The fraction of sp³-hybridized carbons (Fsp3) is 0.129. The second kappa shape index (κ2) is 11.2. The molecule has 4 aromatic rings. The third-order valence-electron chi connectivity index (χ3n) is 6.65. The standard InChI is InChI=1S/C31H25N3O6/c1-20-4-2-5-22(16-20)19-40-26-10-8-23(9-11-26)29(35)27-28(24-6-3-7-25(17-24)34(38)39)33(31(37)30(27)36)18-21-12-14-32-15-13-21/h2-17,28,35H,18-19H2,1H3/b29-27+/t28-/m0/s1. The molecule has 3 aromatic carbocycles. The number of aliphatic hydroxyl groups excluding tert-OH is 1. The Balaban J connectivity index is 1.50. The van der Waals surface area contributed by atoms with Gasteiger partial charge in [0.05, 0.1) is 16.5 Å². The minimum Gasteiger partial charge on any atom is -0.507 e. The molecule has 2 heterocycles. The van der Waals surface area contributed by atoms with Crippen molar-refractivity contribution in [2.24, 2.45) is 0 Å². The van der Waals surface area contributed by atoms with Gasteiger partial charge in [0.1, 0.15) is 18.1 Å². The number of nitrogens with zero attached hydrogens (tertiary/aromatic N) is 3. The molecule has 9 heteroatoms. The highest BCUT2D eigenvalue weighted by Gasteiger charge is 2.46. The number of aryl methyl sites for hydroxylation is 1. The van der Waals surface area contributed by atoms with Crippen molar-refractivity contribution in [1.29, 1.82) is 0 Å². The largest absolute Gasteiger partial charge is 0.507 e. The average molecular weight is 536 g/mol. The number of pyridine rings is 1. The number of Topliss-reactive ketones (excluding diaryl/α,β-unsaturated/α-hetero) is 1. The van der Waals surface area contributed by atoms with Crippen LogP contribution in [-0.4, -0.2) is 31.6 Å². The number of hydrogen-bond donors (Lipinski definition) is 1. The van der Waals surface area contributed by atoms with Crippen LogP contribution in [0.15, 0.2) is 103 Å². The summed E-state index contributed by atoms with van der Waals surface area (Å²) < 4.78 is 5.86. The van der Waals surface area contributed by atoms with Crippen LogP contribution < -0.4 is 4.74 Å². The summed E-state index contributed by atoms with van der Waals surface area (Å²) in [6.45, 7) is 2.41. The first-order valence-corrected chi connectivity index (χ1v) is 12.5. The predicted molar refractivity (Wildman–Crippen MR) is 147 cm³/mol. The molecular weight excluding hydrogens is 510 g/mol. The fourth-order valence-corrected chi connectivity index (χ4v) is 4.72. The van der Waals surface area contributed by atoms with Crippen molar-refractivity contribution < 1.29 is 24.4 Å². The van der Waals surface area contributed by atoms with Crippen LogP contribution in [0.1, 0.15) is 33.9 Å². The zero-order valence-corrected chi connectivity index (χ0v) is 21.6. The highest BCUT2D eigenvalue weighted by Crippen LogP contribution is 2.41. The van der Waals surface area contributed by atoms with E-state index in [-0.39, 0.29) is 23.6 Å². The highest BCUT2D eigenvalue weighted by atomic mass is 16.6. The Morgan fingerprint density at radius 2 is 1.70 bits per heavy atom. The lowest BCUT2D eigenvalue weighted by atomic mass is 9.95. The van der Waals surface area contributed by atoms with Crippen LogP contribution in [-0.2, 0) is 22.7 Å². The minimum atomic E-state index is -1.04. The number of aromatic nitrogens is 1. The van der Waals surface area contributed by atoms with Gasteiger partial charge >= 0.3 is 0 Å². The Hall–Kier alpha value is -5.31. The fourth-order valence-electron chi connectivity index (χ4n) is 4.72. The van der Waals surface area contributed by atoms with Gasteiger partial charge in [0.25, 0.3) is 17.4 Å². The van der Waals surface area contributed by atoms with E-state index in [2.05, 4.69) is 4.98 Å². The molecule has 5 rings (SSSR count). The number of aliphatic hydroxyl groups is 1. The quantitative estimate of drug-likeness (QED) is 0.104. The topological polar surface area (TPSA) is 123 Å². The zero-order valence-electron chi connectivity index (χ0n) is 21.6. The molecule has 1 aliphatic rings. The molecule has 0 aliphatic carbocycles. The SMILES string of the molecule is Cc1cccc(COc2ccc(/C(O)=C3\C(=O)C(=O)N(Cc4ccncc4)[C@H]3c3cccc([N+](=O)[O-])c3)cc2)c1. The number of amides is 1. The van der Waals surface area contributed by atoms with Gasteiger partial charge in [-0.15, -0.1) is 0 Å². The van der Waals surface area contributed by atoms with Crippen molar-refractivity contribution in [2.75, 3.05) is 0 Å². The third kappa shape index (κ3) is 5.44. The Labute approximate surface area is 230 Å². The summed E-state index contributed by atoms with van der Waals surface area (Å²) >= 11 is 0. The molecule has 1 fully saturated rings. The van der Waals surface area contributed by atoms with Gasteiger partial charge in [-0.05, 0) is 60.0 Å². The van der Waals surface area contributed by atoms with Crippen molar-refractivity contribution in [3.05, 3.63) is 141 Å². The normalized spacial score (nSPS) is 16.2. The molecule has 1 N–H and O–H groups in total. The number of rotatable bonds is 8. The van der Waals surface area contributed by atoms with Crippen LogP contribution in [0.25, 0.3) is 5.76 Å². The third-order valence-corrected chi connectivity index (χ3v) is 6.65. The molecule has 1 aliphatic heterocycles. The number of carbonyl (C=O) groups is 2. The van der Waals surface area contributed by atoms with E-state index >= 15 is 0 Å². The minimum absolute atomic E-state index is 0.0446. The van der Waals surface area contributed by atoms with Crippen molar-refractivity contribution in [2.45, 2.75) is 26.1 Å². The molecular formula is C31H25N3O6. The summed E-state index contributed by atoms with van der Waals surface area (Å²) in [6.07, 6.45) is 3.13. The number of nitro groups is 1. The van der Waals surface area contributed by atoms with Gasteiger partial charge in [0.2, 0.25) is 0 Å². The summed E-state index contributed by atoms with van der Waals surface area (Å²) in [5, 5.41) is 22.8. The number of ether oxygens (including phenoxy) is 1. The zero-order chi connectivity index (χ0) is 28.2. The molecule has 0 unspecified atom stereocenters. The molecule has 0 spiro atoms. The number of benzene rings is 3. The van der Waals surface area contributed by atoms with E-state index in [9.17, 15) is 24.8 Å². The van der Waals surface area contributed by atoms with Gasteiger partial charge < -0.3 is 14.7 Å². The predicted octanol–water partition coefficient (Wildman–Crippen LogP) is 5.50. The van der Waals surface area contributed by atoms with Crippen molar-refractivity contribution >= 4 is 23.1 Å². The molecule has 0 radical (unpaired) electrons. The molecule has 200 valence electrons. The lowest BCUT2D eigenvalue weighted by molar-refractivity contribution is -0.384. The van der Waals surface area contributed by atoms with E-state index in [1.54, 1.807) is 54.9 Å². The Morgan fingerprint density at radius 3 is 2.40 bits per heavy atom. The average Bonchev–Trinajstić information content (AvgIpc) is 3.21. The summed E-state index contributed by atoms with van der Waals surface area (Å²) in [6, 6.07) is 22.6. The summed E-state index contributed by atoms with van der Waals surface area (Å²) in [4.78, 5) is 42.7. The van der Waals surface area contributed by atoms with Crippen LogP contribution in [0, 0.1) is 17.0 Å². The van der Waals surface area contributed by atoms with Crippen molar-refractivity contribution in [3.63, 3.8) is 0 Å². The van der Waals surface area contributed by atoms with Crippen molar-refractivity contribution in [3.8, 4) is 5.75 Å². The molecule has 1 saturated heterocycles. The summed E-state index contributed by atoms with van der Waals surface area (Å²) in [5.74, 6) is -1.50. The Kier molecular flexibility index (Phi) is 7.37. The van der Waals surface area contributed by atoms with Crippen LogP contribution in [0.4, 0.5) is 5.69 Å². The van der Waals surface area contributed by atoms with Crippen LogP contribution in [0.3, 0.4) is 0 Å². The maximum atomic E-state index is 13.3. The van der Waals surface area contributed by atoms with Gasteiger partial charge in [-0.1, -0.05) is 42.0 Å². The van der Waals surface area contributed by atoms with Gasteiger partial charge in [0, 0.05) is 36.6 Å². The Bertz CT molecular complexity index is 1620. The van der Waals surface area contributed by atoms with Gasteiger partial charge in [-0.25, -0.2) is 0 Å². The smallest absolute Gasteiger partial charge is 0.295 e. The monoisotopic (exact) mass is 535 g/mol. The van der Waals surface area contributed by atoms with E-state index in [1.807, 2.05) is 31.2 Å². The molecule has 9 nitrogen and oxygen atoms in total. The van der Waals surface area contributed by atoms with E-state index in [0.717, 1.165) is 11.1 Å². The Morgan fingerprint density at radius 1 is 0.975 bits per heavy atom. The second-order valence-electron chi connectivity index (χ2n) is 9.44. The summed E-state index contributed by atoms with van der Waals surface area (Å²) in [7, 11) is 0. The van der Waals surface area contributed by atoms with E-state index in [0.29, 0.717) is 29.0 Å². The molecule has 1 aromatic heterocycles. The van der Waals surface area contributed by atoms with Crippen molar-refractivity contribution in [1.82, 2.24) is 9.88 Å². The van der Waals surface area contributed by atoms with E-state index < -0.39 is 22.7 Å². The van der Waals surface area contributed by atoms with E-state index in [1.165, 1.54) is 23.1 Å². The first-order chi connectivity index (χ1) is 19.3. The van der Waals surface area contributed by atoms with Gasteiger partial charge in [-0.3, -0.25) is 24.7 Å². The summed E-state index contributed by atoms with van der Waals surface area (Å²) in [5.41, 5.74) is 3.15. The number of non-ortho nitro benzene ring substituents is 1. The maximum absolute atomic E-state index is 13.3. The lowest BCUT2D eigenvalue weighted by Crippen LogP contribution is -2.29. The number of ketones is 1.